The first-order valence-electron chi connectivity index (χ1n) is 4.72. The molecule has 0 bridgehead atoms. The maximum atomic E-state index is 5.29. The van der Waals surface area contributed by atoms with E-state index >= 15 is 0 Å². The van der Waals surface area contributed by atoms with Gasteiger partial charge in [-0.2, -0.15) is 4.37 Å². The van der Waals surface area contributed by atoms with Gasteiger partial charge in [-0.1, -0.05) is 0 Å². The van der Waals surface area contributed by atoms with E-state index < -0.39 is 5.60 Å². The maximum Gasteiger partial charge on any atom is 0.202 e. The molecule has 86 valence electrons. The minimum Gasteiger partial charge on any atom is -0.383 e. The van der Waals surface area contributed by atoms with E-state index in [0.717, 1.165) is 11.7 Å². The second-order valence-electron chi connectivity index (χ2n) is 3.56. The summed E-state index contributed by atoms with van der Waals surface area (Å²) in [6, 6.07) is 0. The van der Waals surface area contributed by atoms with Crippen molar-refractivity contribution in [1.82, 2.24) is 9.36 Å². The van der Waals surface area contributed by atoms with Crippen LogP contribution in [-0.4, -0.2) is 36.7 Å². The maximum absolute atomic E-state index is 5.29. The highest BCUT2D eigenvalue weighted by Crippen LogP contribution is 2.23. The summed E-state index contributed by atoms with van der Waals surface area (Å²) in [6.45, 7) is 5.27. The Labute approximate surface area is 94.0 Å². The van der Waals surface area contributed by atoms with Crippen LogP contribution in [0.15, 0.2) is 0 Å². The number of hydrogen-bond donors (Lipinski definition) is 1. The molecule has 1 aromatic rings. The Morgan fingerprint density at radius 1 is 1.40 bits per heavy atom. The Hall–Kier alpha value is -0.720. The van der Waals surface area contributed by atoms with Crippen LogP contribution in [0.5, 0.6) is 0 Å². The van der Waals surface area contributed by atoms with Crippen LogP contribution in [0.25, 0.3) is 0 Å². The molecular weight excluding hydrogens is 214 g/mol. The molecule has 0 spiro atoms. The van der Waals surface area contributed by atoms with Gasteiger partial charge >= 0.3 is 0 Å². The first-order chi connectivity index (χ1) is 7.10. The van der Waals surface area contributed by atoms with Gasteiger partial charge in [-0.3, -0.25) is 0 Å². The molecule has 0 aliphatic rings. The fourth-order valence-electron chi connectivity index (χ4n) is 0.891. The lowest BCUT2D eigenvalue weighted by atomic mass is 10.1. The molecule has 0 saturated heterocycles. The average Bonchev–Trinajstić information content (AvgIpc) is 2.68. The van der Waals surface area contributed by atoms with E-state index in [0.29, 0.717) is 12.4 Å². The van der Waals surface area contributed by atoms with E-state index in [9.17, 15) is 0 Å². The van der Waals surface area contributed by atoms with Crippen molar-refractivity contribution in [3.8, 4) is 0 Å². The molecular formula is C9H17N3O2S. The molecule has 5 nitrogen and oxygen atoms in total. The lowest BCUT2D eigenvalue weighted by Gasteiger charge is -2.18. The van der Waals surface area contributed by atoms with Gasteiger partial charge in [0.05, 0.1) is 6.61 Å². The summed E-state index contributed by atoms with van der Waals surface area (Å²) in [7, 11) is 3.32. The van der Waals surface area contributed by atoms with Crippen molar-refractivity contribution in [2.75, 3.05) is 32.7 Å². The highest BCUT2D eigenvalue weighted by Gasteiger charge is 2.24. The molecule has 1 rings (SSSR count). The van der Waals surface area contributed by atoms with E-state index in [4.69, 9.17) is 9.47 Å². The second kappa shape index (κ2) is 5.39. The van der Waals surface area contributed by atoms with Crippen molar-refractivity contribution in [3.63, 3.8) is 0 Å². The van der Waals surface area contributed by atoms with E-state index in [2.05, 4.69) is 14.7 Å². The summed E-state index contributed by atoms with van der Waals surface area (Å²) in [6.07, 6.45) is 0. The second-order valence-corrected chi connectivity index (χ2v) is 4.31. The van der Waals surface area contributed by atoms with Crippen molar-refractivity contribution in [3.05, 3.63) is 5.82 Å². The molecule has 1 heterocycles. The first-order valence-corrected chi connectivity index (χ1v) is 5.49. The molecule has 15 heavy (non-hydrogen) atoms. The molecule has 0 aliphatic carbocycles. The molecule has 0 saturated carbocycles. The lowest BCUT2D eigenvalue weighted by Crippen LogP contribution is -2.21. The minimum atomic E-state index is -0.433. The highest BCUT2D eigenvalue weighted by atomic mass is 32.1. The fraction of sp³-hybridized carbons (Fsp3) is 0.778. The molecule has 0 amide bonds. The van der Waals surface area contributed by atoms with Gasteiger partial charge in [-0.05, 0) is 13.8 Å². The predicted molar refractivity (Wildman–Crippen MR) is 60.3 cm³/mol. The smallest absolute Gasteiger partial charge is 0.202 e. The van der Waals surface area contributed by atoms with Gasteiger partial charge in [0.2, 0.25) is 5.13 Å². The molecule has 0 fully saturated rings. The number of nitrogens with one attached hydrogen (secondary N) is 1. The molecule has 6 heteroatoms. The number of ether oxygens (including phenoxy) is 2. The third-order valence-corrected chi connectivity index (χ3v) is 2.73. The molecule has 0 unspecified atom stereocenters. The van der Waals surface area contributed by atoms with Gasteiger partial charge in [-0.15, -0.1) is 0 Å². The van der Waals surface area contributed by atoms with Gasteiger partial charge in [0.25, 0.3) is 0 Å². The van der Waals surface area contributed by atoms with Crippen LogP contribution in [-0.2, 0) is 15.1 Å². The molecule has 0 aromatic carbocycles. The standard InChI is InChI=1S/C9H17N3O2S/c1-9(2,14-4)7-11-8(15-12-7)10-5-6-13-3/h5-6H2,1-4H3,(H,10,11,12). The van der Waals surface area contributed by atoms with Gasteiger partial charge in [-0.25, -0.2) is 4.98 Å². The fourth-order valence-corrected chi connectivity index (χ4v) is 1.62. The third kappa shape index (κ3) is 3.40. The van der Waals surface area contributed by atoms with Gasteiger partial charge in [0.1, 0.15) is 5.60 Å². The van der Waals surface area contributed by atoms with Gasteiger partial charge in [0, 0.05) is 32.3 Å². The van der Waals surface area contributed by atoms with E-state index in [1.54, 1.807) is 14.2 Å². The Bertz CT molecular complexity index is 301. The first kappa shape index (κ1) is 12.4. The SMILES string of the molecule is COCCNc1nc(C(C)(C)OC)ns1. The zero-order valence-corrected chi connectivity index (χ0v) is 10.3. The molecule has 0 atom stereocenters. The van der Waals surface area contributed by atoms with Crippen molar-refractivity contribution < 1.29 is 9.47 Å². The minimum absolute atomic E-state index is 0.433. The van der Waals surface area contributed by atoms with Crippen LogP contribution >= 0.6 is 11.5 Å². The number of rotatable bonds is 6. The summed E-state index contributed by atoms with van der Waals surface area (Å²) in [5.74, 6) is 0.704. The number of methoxy groups -OCH3 is 2. The molecule has 0 radical (unpaired) electrons. The molecule has 1 aromatic heterocycles. The van der Waals surface area contributed by atoms with Crippen LogP contribution in [0.3, 0.4) is 0 Å². The summed E-state index contributed by atoms with van der Waals surface area (Å²) < 4.78 is 14.5. The van der Waals surface area contributed by atoms with Gasteiger partial charge < -0.3 is 14.8 Å². The lowest BCUT2D eigenvalue weighted by molar-refractivity contribution is 0.0126. The van der Waals surface area contributed by atoms with Crippen molar-refractivity contribution in [2.24, 2.45) is 0 Å². The molecule has 1 N–H and O–H groups in total. The van der Waals surface area contributed by atoms with Crippen LogP contribution in [0, 0.1) is 0 Å². The number of anilines is 1. The van der Waals surface area contributed by atoms with E-state index in [1.165, 1.54) is 11.5 Å². The Balaban J connectivity index is 2.56. The summed E-state index contributed by atoms with van der Waals surface area (Å²) >= 11 is 1.33. The summed E-state index contributed by atoms with van der Waals surface area (Å²) in [5.41, 5.74) is -0.433. The summed E-state index contributed by atoms with van der Waals surface area (Å²) in [4.78, 5) is 4.34. The van der Waals surface area contributed by atoms with Crippen molar-refractivity contribution in [2.45, 2.75) is 19.4 Å². The molecule has 0 aliphatic heterocycles. The number of aromatic nitrogens is 2. The quantitative estimate of drug-likeness (QED) is 0.751. The number of nitrogens with zero attached hydrogens (tertiary/aromatic N) is 2. The Kier molecular flexibility index (Phi) is 4.44. The predicted octanol–water partition coefficient (Wildman–Crippen LogP) is 1.48. The third-order valence-electron chi connectivity index (χ3n) is 2.06. The van der Waals surface area contributed by atoms with Crippen LogP contribution in [0.4, 0.5) is 5.13 Å². The summed E-state index contributed by atoms with van der Waals surface area (Å²) in [5, 5.41) is 3.92. The highest BCUT2D eigenvalue weighted by molar-refractivity contribution is 7.09. The normalized spacial score (nSPS) is 11.7. The van der Waals surface area contributed by atoms with E-state index in [-0.39, 0.29) is 0 Å². The van der Waals surface area contributed by atoms with Gasteiger partial charge in [0.15, 0.2) is 5.82 Å². The number of hydrogen-bond acceptors (Lipinski definition) is 6. The largest absolute Gasteiger partial charge is 0.383 e. The van der Waals surface area contributed by atoms with E-state index in [1.807, 2.05) is 13.8 Å². The topological polar surface area (TPSA) is 56.3 Å². The monoisotopic (exact) mass is 231 g/mol. The average molecular weight is 231 g/mol. The van der Waals surface area contributed by atoms with Crippen molar-refractivity contribution in [1.29, 1.82) is 0 Å². The Morgan fingerprint density at radius 2 is 2.13 bits per heavy atom. The zero-order valence-electron chi connectivity index (χ0n) is 9.53. The van der Waals surface area contributed by atoms with Crippen LogP contribution in [0.2, 0.25) is 0 Å². The van der Waals surface area contributed by atoms with Crippen LogP contribution < -0.4 is 5.32 Å². The Morgan fingerprint density at radius 3 is 2.73 bits per heavy atom. The van der Waals surface area contributed by atoms with Crippen LogP contribution in [0.1, 0.15) is 19.7 Å². The zero-order chi connectivity index (χ0) is 11.3. The van der Waals surface area contributed by atoms with Crippen molar-refractivity contribution >= 4 is 16.7 Å².